The number of ether oxygens (including phenoxy) is 2. The molecule has 3 aromatic rings. The minimum atomic E-state index is -0.353. The molecule has 0 saturated carbocycles. The van der Waals surface area contributed by atoms with Crippen molar-refractivity contribution in [1.82, 2.24) is 15.2 Å². The van der Waals surface area contributed by atoms with Gasteiger partial charge in [-0.3, -0.25) is 15.2 Å². The first-order chi connectivity index (χ1) is 12.2. The molecular formula is C17H15BrN4O3. The van der Waals surface area contributed by atoms with Crippen molar-refractivity contribution in [2.45, 2.75) is 0 Å². The van der Waals surface area contributed by atoms with Gasteiger partial charge in [-0.05, 0) is 30.3 Å². The topological polar surface area (TPSA) is 89.1 Å². The van der Waals surface area contributed by atoms with Gasteiger partial charge in [0, 0.05) is 10.0 Å². The van der Waals surface area contributed by atoms with Gasteiger partial charge in [0.05, 0.1) is 7.11 Å². The van der Waals surface area contributed by atoms with Crippen LogP contribution in [0.2, 0.25) is 0 Å². The Morgan fingerprint density at radius 1 is 1.16 bits per heavy atom. The van der Waals surface area contributed by atoms with Gasteiger partial charge in [0.1, 0.15) is 11.5 Å². The number of amides is 1. The average Bonchev–Trinajstić information content (AvgIpc) is 3.09. The van der Waals surface area contributed by atoms with E-state index in [2.05, 4.69) is 36.4 Å². The Labute approximate surface area is 152 Å². The number of anilines is 1. The highest BCUT2D eigenvalue weighted by atomic mass is 79.9. The lowest BCUT2D eigenvalue weighted by atomic mass is 10.2. The molecule has 2 aromatic carbocycles. The van der Waals surface area contributed by atoms with E-state index in [1.54, 1.807) is 31.4 Å². The number of methoxy groups -OCH3 is 1. The van der Waals surface area contributed by atoms with Gasteiger partial charge in [-0.1, -0.05) is 34.1 Å². The Hall–Kier alpha value is -2.87. The number of aromatic nitrogens is 3. The molecule has 0 aliphatic heterocycles. The number of nitrogens with one attached hydrogen (secondary N) is 2. The summed E-state index contributed by atoms with van der Waals surface area (Å²) in [7, 11) is 1.59. The summed E-state index contributed by atoms with van der Waals surface area (Å²) in [6.45, 7) is -0.148. The van der Waals surface area contributed by atoms with Crippen LogP contribution in [-0.4, -0.2) is 34.8 Å². The van der Waals surface area contributed by atoms with E-state index >= 15 is 0 Å². The molecule has 2 N–H and O–H groups in total. The van der Waals surface area contributed by atoms with E-state index in [-0.39, 0.29) is 18.5 Å². The van der Waals surface area contributed by atoms with Crippen LogP contribution in [0.25, 0.3) is 11.4 Å². The quantitative estimate of drug-likeness (QED) is 0.660. The Bertz CT molecular complexity index is 864. The van der Waals surface area contributed by atoms with E-state index in [4.69, 9.17) is 9.47 Å². The lowest BCUT2D eigenvalue weighted by molar-refractivity contribution is -0.118. The van der Waals surface area contributed by atoms with Gasteiger partial charge in [-0.2, -0.15) is 4.98 Å². The SMILES string of the molecule is COc1ccc(OCC(=O)Nc2n[nH]c(-c3ccccc3Br)n2)cc1. The minimum absolute atomic E-state index is 0.148. The van der Waals surface area contributed by atoms with E-state index < -0.39 is 0 Å². The summed E-state index contributed by atoms with van der Waals surface area (Å²) >= 11 is 3.45. The van der Waals surface area contributed by atoms with Crippen molar-refractivity contribution in [2.24, 2.45) is 0 Å². The number of halogens is 1. The van der Waals surface area contributed by atoms with E-state index in [0.29, 0.717) is 11.6 Å². The van der Waals surface area contributed by atoms with Crippen molar-refractivity contribution in [3.63, 3.8) is 0 Å². The van der Waals surface area contributed by atoms with Crippen LogP contribution in [0.4, 0.5) is 5.95 Å². The van der Waals surface area contributed by atoms with Gasteiger partial charge in [-0.25, -0.2) is 0 Å². The maximum absolute atomic E-state index is 12.0. The van der Waals surface area contributed by atoms with Crippen LogP contribution in [0, 0.1) is 0 Å². The van der Waals surface area contributed by atoms with E-state index in [0.717, 1.165) is 15.8 Å². The Kier molecular flexibility index (Phi) is 5.30. The first-order valence-corrected chi connectivity index (χ1v) is 8.19. The smallest absolute Gasteiger partial charge is 0.264 e. The van der Waals surface area contributed by atoms with Gasteiger partial charge < -0.3 is 9.47 Å². The molecule has 0 bridgehead atoms. The van der Waals surface area contributed by atoms with Crippen LogP contribution in [0.3, 0.4) is 0 Å². The Morgan fingerprint density at radius 3 is 2.60 bits per heavy atom. The van der Waals surface area contributed by atoms with Gasteiger partial charge in [-0.15, -0.1) is 5.10 Å². The number of hydrogen-bond acceptors (Lipinski definition) is 5. The molecule has 25 heavy (non-hydrogen) atoms. The monoisotopic (exact) mass is 402 g/mol. The molecule has 8 heteroatoms. The van der Waals surface area contributed by atoms with Gasteiger partial charge in [0.25, 0.3) is 5.91 Å². The van der Waals surface area contributed by atoms with Crippen LogP contribution >= 0.6 is 15.9 Å². The molecule has 1 aromatic heterocycles. The zero-order valence-electron chi connectivity index (χ0n) is 13.3. The molecule has 128 valence electrons. The number of rotatable bonds is 6. The maximum atomic E-state index is 12.0. The van der Waals surface area contributed by atoms with Crippen LogP contribution in [0.15, 0.2) is 53.0 Å². The summed E-state index contributed by atoms with van der Waals surface area (Å²) in [5.74, 6) is 1.68. The minimum Gasteiger partial charge on any atom is -0.497 e. The molecule has 1 amide bonds. The second kappa shape index (κ2) is 7.80. The summed E-state index contributed by atoms with van der Waals surface area (Å²) < 4.78 is 11.4. The Balaban J connectivity index is 1.57. The van der Waals surface area contributed by atoms with Crippen molar-refractivity contribution in [1.29, 1.82) is 0 Å². The van der Waals surface area contributed by atoms with Crippen LogP contribution in [-0.2, 0) is 4.79 Å². The van der Waals surface area contributed by atoms with Crippen molar-refractivity contribution in [2.75, 3.05) is 19.0 Å². The highest BCUT2D eigenvalue weighted by molar-refractivity contribution is 9.10. The first-order valence-electron chi connectivity index (χ1n) is 7.39. The first kappa shape index (κ1) is 17.0. The third-order valence-corrected chi connectivity index (χ3v) is 3.99. The maximum Gasteiger partial charge on any atom is 0.264 e. The highest BCUT2D eigenvalue weighted by Gasteiger charge is 2.11. The molecular weight excluding hydrogens is 388 g/mol. The molecule has 0 spiro atoms. The number of benzene rings is 2. The van der Waals surface area contributed by atoms with Crippen molar-refractivity contribution in [3.8, 4) is 22.9 Å². The summed E-state index contributed by atoms with van der Waals surface area (Å²) in [5, 5.41) is 9.37. The molecule has 0 aliphatic carbocycles. The molecule has 0 atom stereocenters. The number of aromatic amines is 1. The molecule has 7 nitrogen and oxygen atoms in total. The predicted octanol–water partition coefficient (Wildman–Crippen LogP) is 3.26. The fourth-order valence-electron chi connectivity index (χ4n) is 2.07. The second-order valence-corrected chi connectivity index (χ2v) is 5.85. The fraction of sp³-hybridized carbons (Fsp3) is 0.118. The molecule has 3 rings (SSSR count). The number of H-pyrrole nitrogens is 1. The molecule has 0 fully saturated rings. The third kappa shape index (κ3) is 4.36. The summed E-state index contributed by atoms with van der Waals surface area (Å²) in [6, 6.07) is 14.6. The largest absolute Gasteiger partial charge is 0.497 e. The zero-order chi connectivity index (χ0) is 17.6. The summed E-state index contributed by atoms with van der Waals surface area (Å²) in [5.41, 5.74) is 0.852. The van der Waals surface area contributed by atoms with E-state index in [1.807, 2.05) is 24.3 Å². The van der Waals surface area contributed by atoms with Gasteiger partial charge in [0.2, 0.25) is 5.95 Å². The molecule has 0 saturated heterocycles. The van der Waals surface area contributed by atoms with Gasteiger partial charge in [0.15, 0.2) is 12.4 Å². The normalized spacial score (nSPS) is 10.3. The molecule has 0 aliphatic rings. The molecule has 0 unspecified atom stereocenters. The third-order valence-electron chi connectivity index (χ3n) is 3.29. The van der Waals surface area contributed by atoms with Crippen molar-refractivity contribution in [3.05, 3.63) is 53.0 Å². The van der Waals surface area contributed by atoms with Crippen molar-refractivity contribution < 1.29 is 14.3 Å². The molecule has 0 radical (unpaired) electrons. The lowest BCUT2D eigenvalue weighted by Crippen LogP contribution is -2.20. The zero-order valence-corrected chi connectivity index (χ0v) is 14.9. The lowest BCUT2D eigenvalue weighted by Gasteiger charge is -2.06. The fourth-order valence-corrected chi connectivity index (χ4v) is 2.55. The predicted molar refractivity (Wildman–Crippen MR) is 96.6 cm³/mol. The molecule has 1 heterocycles. The second-order valence-electron chi connectivity index (χ2n) is 5.00. The van der Waals surface area contributed by atoms with E-state index in [1.165, 1.54) is 0 Å². The van der Waals surface area contributed by atoms with Crippen molar-refractivity contribution >= 4 is 27.8 Å². The van der Waals surface area contributed by atoms with Gasteiger partial charge >= 0.3 is 0 Å². The summed E-state index contributed by atoms with van der Waals surface area (Å²) in [4.78, 5) is 16.2. The van der Waals surface area contributed by atoms with E-state index in [9.17, 15) is 4.79 Å². The van der Waals surface area contributed by atoms with Crippen LogP contribution in [0.1, 0.15) is 0 Å². The number of carbonyl (C=O) groups excluding carboxylic acids is 1. The number of hydrogen-bond donors (Lipinski definition) is 2. The van der Waals surface area contributed by atoms with Crippen LogP contribution in [0.5, 0.6) is 11.5 Å². The average molecular weight is 403 g/mol. The van der Waals surface area contributed by atoms with Crippen LogP contribution < -0.4 is 14.8 Å². The number of carbonyl (C=O) groups is 1. The standard InChI is InChI=1S/C17H15BrN4O3/c1-24-11-6-8-12(9-7-11)25-10-15(23)19-17-20-16(21-22-17)13-4-2-3-5-14(13)18/h2-9H,10H2,1H3,(H2,19,20,21,22,23). The highest BCUT2D eigenvalue weighted by Crippen LogP contribution is 2.25. The Morgan fingerprint density at radius 2 is 1.88 bits per heavy atom. The number of nitrogens with zero attached hydrogens (tertiary/aromatic N) is 2. The summed E-state index contributed by atoms with van der Waals surface area (Å²) in [6.07, 6.45) is 0.